The molecule has 0 aliphatic heterocycles. The standard InChI is InChI=1S/C8H20NO2PS/c1-4-6-7-11-12(9,10)13-8(3)5-2/h8H,4-7H2,1-3H3,(H2,9,10). The Morgan fingerprint density at radius 1 is 1.54 bits per heavy atom. The average molecular weight is 225 g/mol. The van der Waals surface area contributed by atoms with Gasteiger partial charge in [0, 0.05) is 5.25 Å². The lowest BCUT2D eigenvalue weighted by Crippen LogP contribution is -2.02. The first-order chi connectivity index (χ1) is 6.02. The van der Waals surface area contributed by atoms with Crippen molar-refractivity contribution < 1.29 is 9.09 Å². The number of nitrogens with two attached hydrogens (primary N) is 1. The molecule has 3 nitrogen and oxygen atoms in total. The van der Waals surface area contributed by atoms with Gasteiger partial charge in [-0.1, -0.05) is 38.6 Å². The van der Waals surface area contributed by atoms with Gasteiger partial charge in [0.15, 0.2) is 0 Å². The lowest BCUT2D eigenvalue weighted by Gasteiger charge is -2.15. The van der Waals surface area contributed by atoms with E-state index >= 15 is 0 Å². The molecule has 0 aromatic heterocycles. The van der Waals surface area contributed by atoms with Crippen LogP contribution in [0.1, 0.15) is 40.0 Å². The van der Waals surface area contributed by atoms with Crippen LogP contribution in [0.15, 0.2) is 0 Å². The van der Waals surface area contributed by atoms with Gasteiger partial charge >= 0.3 is 6.72 Å². The molecule has 0 heterocycles. The predicted octanol–water partition coefficient (Wildman–Crippen LogP) is 3.40. The van der Waals surface area contributed by atoms with Gasteiger partial charge in [-0.3, -0.25) is 10.1 Å². The van der Waals surface area contributed by atoms with Crippen molar-refractivity contribution in [2.24, 2.45) is 5.50 Å². The molecule has 0 saturated heterocycles. The van der Waals surface area contributed by atoms with E-state index in [-0.39, 0.29) is 0 Å². The zero-order valence-corrected chi connectivity index (χ0v) is 10.4. The van der Waals surface area contributed by atoms with Gasteiger partial charge in [-0.15, -0.1) is 0 Å². The van der Waals surface area contributed by atoms with Crippen LogP contribution >= 0.6 is 18.1 Å². The fraction of sp³-hybridized carbons (Fsp3) is 1.00. The number of unbranched alkanes of at least 4 members (excludes halogenated alkanes) is 1. The Kier molecular flexibility index (Phi) is 7.15. The minimum atomic E-state index is -2.88. The molecule has 0 bridgehead atoms. The lowest BCUT2D eigenvalue weighted by atomic mass is 10.4. The normalized spacial score (nSPS) is 18.2. The molecule has 0 aromatic carbocycles. The molecule has 80 valence electrons. The van der Waals surface area contributed by atoms with E-state index in [0.717, 1.165) is 19.3 Å². The highest BCUT2D eigenvalue weighted by Crippen LogP contribution is 2.54. The summed E-state index contributed by atoms with van der Waals surface area (Å²) >= 11 is 1.26. The van der Waals surface area contributed by atoms with Gasteiger partial charge in [0.1, 0.15) is 0 Å². The van der Waals surface area contributed by atoms with Crippen LogP contribution in [-0.2, 0) is 9.09 Å². The zero-order chi connectivity index (χ0) is 10.3. The van der Waals surface area contributed by atoms with Crippen LogP contribution in [0, 0.1) is 0 Å². The summed E-state index contributed by atoms with van der Waals surface area (Å²) in [6.07, 6.45) is 2.92. The molecule has 0 aliphatic rings. The molecule has 0 radical (unpaired) electrons. The first-order valence-corrected chi connectivity index (χ1v) is 7.91. The Hall–Kier alpha value is 0.500. The molecule has 2 N–H and O–H groups in total. The first-order valence-electron chi connectivity index (χ1n) is 4.73. The summed E-state index contributed by atoms with van der Waals surface area (Å²) in [4.78, 5) is 0. The fourth-order valence-corrected chi connectivity index (χ4v) is 4.15. The molecule has 0 fully saturated rings. The van der Waals surface area contributed by atoms with E-state index in [0.29, 0.717) is 11.9 Å². The van der Waals surface area contributed by atoms with E-state index in [1.54, 1.807) is 0 Å². The van der Waals surface area contributed by atoms with Gasteiger partial charge < -0.3 is 4.52 Å². The first kappa shape index (κ1) is 13.5. The summed E-state index contributed by atoms with van der Waals surface area (Å²) in [5.74, 6) is 0. The lowest BCUT2D eigenvalue weighted by molar-refractivity contribution is 0.317. The second kappa shape index (κ2) is 6.88. The summed E-state index contributed by atoms with van der Waals surface area (Å²) in [7, 11) is 0. The SMILES string of the molecule is CCCCOP(N)(=O)SC(C)CC. The van der Waals surface area contributed by atoms with Crippen molar-refractivity contribution in [2.75, 3.05) is 6.61 Å². The molecule has 13 heavy (non-hydrogen) atoms. The third kappa shape index (κ3) is 7.56. The smallest absolute Gasteiger partial charge is 0.310 e. The molecule has 2 atom stereocenters. The highest BCUT2D eigenvalue weighted by Gasteiger charge is 2.20. The molecule has 0 aromatic rings. The van der Waals surface area contributed by atoms with Crippen LogP contribution in [0.3, 0.4) is 0 Å². The highest BCUT2D eigenvalue weighted by atomic mass is 32.7. The van der Waals surface area contributed by atoms with Gasteiger partial charge in [-0.25, -0.2) is 0 Å². The van der Waals surface area contributed by atoms with Crippen LogP contribution in [0.5, 0.6) is 0 Å². The van der Waals surface area contributed by atoms with Crippen molar-refractivity contribution in [1.29, 1.82) is 0 Å². The van der Waals surface area contributed by atoms with Crippen LogP contribution in [0.4, 0.5) is 0 Å². The zero-order valence-electron chi connectivity index (χ0n) is 8.66. The maximum absolute atomic E-state index is 11.6. The molecule has 5 heteroatoms. The molecular formula is C8H20NO2PS. The van der Waals surface area contributed by atoms with E-state index in [9.17, 15) is 4.57 Å². The molecule has 0 amide bonds. The van der Waals surface area contributed by atoms with Gasteiger partial charge in [-0.05, 0) is 12.8 Å². The van der Waals surface area contributed by atoms with Crippen molar-refractivity contribution in [1.82, 2.24) is 0 Å². The highest BCUT2D eigenvalue weighted by molar-refractivity contribution is 8.56. The summed E-state index contributed by atoms with van der Waals surface area (Å²) in [5.41, 5.74) is 5.53. The van der Waals surface area contributed by atoms with Crippen molar-refractivity contribution in [3.8, 4) is 0 Å². The van der Waals surface area contributed by atoms with E-state index < -0.39 is 6.72 Å². The van der Waals surface area contributed by atoms with Crippen LogP contribution in [0.2, 0.25) is 0 Å². The molecule has 0 saturated carbocycles. The van der Waals surface area contributed by atoms with Crippen molar-refractivity contribution in [3.63, 3.8) is 0 Å². The quantitative estimate of drug-likeness (QED) is 0.533. The predicted molar refractivity (Wildman–Crippen MR) is 60.0 cm³/mol. The number of hydrogen-bond donors (Lipinski definition) is 1. The topological polar surface area (TPSA) is 52.3 Å². The molecule has 2 unspecified atom stereocenters. The Labute approximate surface area is 85.1 Å². The number of rotatable bonds is 7. The Bertz CT molecular complexity index is 178. The van der Waals surface area contributed by atoms with E-state index in [2.05, 4.69) is 6.92 Å². The Morgan fingerprint density at radius 2 is 2.15 bits per heavy atom. The molecular weight excluding hydrogens is 205 g/mol. The maximum atomic E-state index is 11.6. The van der Waals surface area contributed by atoms with Gasteiger partial charge in [0.05, 0.1) is 6.61 Å². The number of hydrogen-bond acceptors (Lipinski definition) is 3. The maximum Gasteiger partial charge on any atom is 0.324 e. The summed E-state index contributed by atoms with van der Waals surface area (Å²) in [5, 5.41) is 0.303. The summed E-state index contributed by atoms with van der Waals surface area (Å²) in [6, 6.07) is 0. The van der Waals surface area contributed by atoms with Crippen molar-refractivity contribution in [3.05, 3.63) is 0 Å². The fourth-order valence-electron chi connectivity index (χ4n) is 0.692. The largest absolute Gasteiger partial charge is 0.324 e. The average Bonchev–Trinajstić information content (AvgIpc) is 2.03. The monoisotopic (exact) mass is 225 g/mol. The van der Waals surface area contributed by atoms with E-state index in [1.165, 1.54) is 11.4 Å². The summed E-state index contributed by atoms with van der Waals surface area (Å²) in [6.45, 7) is 3.74. The third-order valence-electron chi connectivity index (χ3n) is 1.67. The van der Waals surface area contributed by atoms with Crippen LogP contribution in [0.25, 0.3) is 0 Å². The molecule has 0 aliphatic carbocycles. The third-order valence-corrected chi connectivity index (χ3v) is 5.48. The van der Waals surface area contributed by atoms with E-state index in [4.69, 9.17) is 10.0 Å². The van der Waals surface area contributed by atoms with E-state index in [1.807, 2.05) is 13.8 Å². The minimum Gasteiger partial charge on any atom is -0.310 e. The summed E-state index contributed by atoms with van der Waals surface area (Å²) < 4.78 is 16.7. The van der Waals surface area contributed by atoms with Crippen LogP contribution in [-0.4, -0.2) is 11.9 Å². The van der Waals surface area contributed by atoms with Gasteiger partial charge in [0.2, 0.25) is 0 Å². The molecule has 0 rings (SSSR count). The second-order valence-corrected chi connectivity index (χ2v) is 7.56. The van der Waals surface area contributed by atoms with Gasteiger partial charge in [-0.2, -0.15) is 0 Å². The Balaban J connectivity index is 3.73. The molecule has 0 spiro atoms. The second-order valence-electron chi connectivity index (χ2n) is 3.05. The van der Waals surface area contributed by atoms with Crippen molar-refractivity contribution >= 4 is 18.1 Å². The van der Waals surface area contributed by atoms with Crippen molar-refractivity contribution in [2.45, 2.75) is 45.3 Å². The Morgan fingerprint density at radius 3 is 2.62 bits per heavy atom. The van der Waals surface area contributed by atoms with Crippen LogP contribution < -0.4 is 5.50 Å². The minimum absolute atomic E-state index is 0.303. The van der Waals surface area contributed by atoms with Gasteiger partial charge in [0.25, 0.3) is 0 Å².